The van der Waals surface area contributed by atoms with Crippen LogP contribution in [0, 0.1) is 5.92 Å². The van der Waals surface area contributed by atoms with Crippen molar-refractivity contribution in [2.24, 2.45) is 5.92 Å². The molecule has 0 spiro atoms. The van der Waals surface area contributed by atoms with Crippen molar-refractivity contribution >= 4 is 5.78 Å². The quantitative estimate of drug-likeness (QED) is 0.564. The monoisotopic (exact) mass is 290 g/mol. The van der Waals surface area contributed by atoms with Gasteiger partial charge in [-0.25, -0.2) is 0 Å². The molecule has 0 aliphatic heterocycles. The third-order valence-corrected chi connectivity index (χ3v) is 3.29. The number of Topliss-reactive ketones (excluding diaryl/α,β-unsaturated/α-hetero) is 1. The Labute approximate surface area is 122 Å². The van der Waals surface area contributed by atoms with Crippen molar-refractivity contribution in [2.45, 2.75) is 84.4 Å². The number of rotatable bonds is 10. The Balaban J connectivity index is 4.12. The second-order valence-electron chi connectivity index (χ2n) is 5.99. The number of ether oxygens (including phenoxy) is 1. The Morgan fingerprint density at radius 2 is 1.50 bits per heavy atom. The Kier molecular flexibility index (Phi) is 9.22. The molecule has 0 aromatic rings. The lowest BCUT2D eigenvalue weighted by Crippen LogP contribution is -2.36. The van der Waals surface area contributed by atoms with Gasteiger partial charge < -0.3 is 20.1 Å². The second kappa shape index (κ2) is 9.45. The smallest absolute Gasteiger partial charge is 0.135 e. The molecule has 0 aliphatic rings. The van der Waals surface area contributed by atoms with E-state index in [0.29, 0.717) is 0 Å². The van der Waals surface area contributed by atoms with Crippen LogP contribution in [0.2, 0.25) is 0 Å². The molecule has 0 radical (unpaired) electrons. The molecular weight excluding hydrogens is 260 g/mol. The van der Waals surface area contributed by atoms with Crippen molar-refractivity contribution in [1.82, 2.24) is 0 Å². The SMILES string of the molecule is CC(C)OC(C)C(O)CC(O)C(O)CCC(=O)C(C)C. The molecule has 0 saturated heterocycles. The van der Waals surface area contributed by atoms with Crippen LogP contribution in [0.5, 0.6) is 0 Å². The van der Waals surface area contributed by atoms with Crippen LogP contribution in [-0.4, -0.2) is 51.6 Å². The topological polar surface area (TPSA) is 87.0 Å². The number of carbonyl (C=O) groups excluding carboxylic acids is 1. The first-order valence-corrected chi connectivity index (χ1v) is 7.37. The highest BCUT2D eigenvalue weighted by Crippen LogP contribution is 2.14. The molecule has 0 fully saturated rings. The zero-order valence-electron chi connectivity index (χ0n) is 13.2. The molecule has 5 nitrogen and oxygen atoms in total. The predicted molar refractivity (Wildman–Crippen MR) is 77.4 cm³/mol. The summed E-state index contributed by atoms with van der Waals surface area (Å²) < 4.78 is 5.43. The van der Waals surface area contributed by atoms with Crippen molar-refractivity contribution in [1.29, 1.82) is 0 Å². The predicted octanol–water partition coefficient (Wildman–Crippen LogP) is 1.28. The zero-order valence-corrected chi connectivity index (χ0v) is 13.2. The highest BCUT2D eigenvalue weighted by Gasteiger charge is 2.25. The van der Waals surface area contributed by atoms with Crippen molar-refractivity contribution in [3.05, 3.63) is 0 Å². The Morgan fingerprint density at radius 3 is 1.95 bits per heavy atom. The summed E-state index contributed by atoms with van der Waals surface area (Å²) in [6.45, 7) is 9.07. The van der Waals surface area contributed by atoms with Crippen LogP contribution in [0.4, 0.5) is 0 Å². The van der Waals surface area contributed by atoms with Crippen LogP contribution in [0.15, 0.2) is 0 Å². The van der Waals surface area contributed by atoms with Crippen molar-refractivity contribution in [3.8, 4) is 0 Å². The van der Waals surface area contributed by atoms with Gasteiger partial charge in [-0.1, -0.05) is 13.8 Å². The van der Waals surface area contributed by atoms with Crippen LogP contribution in [0.25, 0.3) is 0 Å². The number of aliphatic hydroxyl groups excluding tert-OH is 3. The van der Waals surface area contributed by atoms with E-state index in [1.54, 1.807) is 20.8 Å². The van der Waals surface area contributed by atoms with E-state index < -0.39 is 24.4 Å². The zero-order chi connectivity index (χ0) is 15.9. The molecule has 120 valence electrons. The molecule has 0 rings (SSSR count). The number of aliphatic hydroxyl groups is 3. The largest absolute Gasteiger partial charge is 0.390 e. The number of ketones is 1. The minimum Gasteiger partial charge on any atom is -0.390 e. The maximum atomic E-state index is 11.5. The first-order chi connectivity index (χ1) is 9.15. The molecule has 20 heavy (non-hydrogen) atoms. The Morgan fingerprint density at radius 1 is 0.950 bits per heavy atom. The molecule has 0 aliphatic carbocycles. The Bertz CT molecular complexity index is 277. The van der Waals surface area contributed by atoms with Gasteiger partial charge in [0, 0.05) is 18.8 Å². The summed E-state index contributed by atoms with van der Waals surface area (Å²) in [4.78, 5) is 11.5. The Hall–Kier alpha value is -0.490. The molecule has 0 aromatic heterocycles. The van der Waals surface area contributed by atoms with Crippen molar-refractivity contribution < 1.29 is 24.9 Å². The third kappa shape index (κ3) is 7.94. The van der Waals surface area contributed by atoms with Crippen LogP contribution in [0.3, 0.4) is 0 Å². The van der Waals surface area contributed by atoms with Crippen LogP contribution in [-0.2, 0) is 9.53 Å². The average Bonchev–Trinajstić information content (AvgIpc) is 2.33. The standard InChI is InChI=1S/C15H30O5/c1-9(2)12(16)6-7-13(17)15(19)8-14(18)11(5)20-10(3)4/h9-11,13-15,17-19H,6-8H2,1-5H3. The van der Waals surface area contributed by atoms with Gasteiger partial charge in [0.05, 0.1) is 30.5 Å². The molecule has 0 saturated carbocycles. The van der Waals surface area contributed by atoms with Crippen LogP contribution >= 0.6 is 0 Å². The average molecular weight is 290 g/mol. The summed E-state index contributed by atoms with van der Waals surface area (Å²) in [5, 5.41) is 29.5. The molecule has 0 bridgehead atoms. The molecule has 4 unspecified atom stereocenters. The molecule has 4 atom stereocenters. The van der Waals surface area contributed by atoms with Gasteiger partial charge in [0.25, 0.3) is 0 Å². The van der Waals surface area contributed by atoms with Crippen LogP contribution < -0.4 is 0 Å². The van der Waals surface area contributed by atoms with Crippen LogP contribution in [0.1, 0.15) is 53.9 Å². The third-order valence-electron chi connectivity index (χ3n) is 3.29. The van der Waals surface area contributed by atoms with Crippen molar-refractivity contribution in [2.75, 3.05) is 0 Å². The summed E-state index contributed by atoms with van der Waals surface area (Å²) in [6, 6.07) is 0. The lowest BCUT2D eigenvalue weighted by atomic mass is 9.97. The van der Waals surface area contributed by atoms with E-state index in [1.165, 1.54) is 0 Å². The molecule has 5 heteroatoms. The van der Waals surface area contributed by atoms with Gasteiger partial charge in [-0.15, -0.1) is 0 Å². The van der Waals surface area contributed by atoms with E-state index in [0.717, 1.165) is 0 Å². The minimum absolute atomic E-state index is 0.00891. The number of carbonyl (C=O) groups is 1. The lowest BCUT2D eigenvalue weighted by Gasteiger charge is -2.25. The molecule has 0 aromatic carbocycles. The van der Waals surface area contributed by atoms with Gasteiger partial charge in [0.2, 0.25) is 0 Å². The van der Waals surface area contributed by atoms with Gasteiger partial charge in [-0.3, -0.25) is 4.79 Å². The molecule has 0 amide bonds. The maximum absolute atomic E-state index is 11.5. The number of hydrogen-bond acceptors (Lipinski definition) is 5. The first kappa shape index (κ1) is 19.5. The normalized spacial score (nSPS) is 18.1. The van der Waals surface area contributed by atoms with E-state index in [1.807, 2.05) is 13.8 Å². The van der Waals surface area contributed by atoms with Gasteiger partial charge in [0.1, 0.15) is 5.78 Å². The summed E-state index contributed by atoms with van der Waals surface area (Å²) in [5.41, 5.74) is 0. The molecule has 0 heterocycles. The molecule has 3 N–H and O–H groups in total. The van der Waals surface area contributed by atoms with Crippen molar-refractivity contribution in [3.63, 3.8) is 0 Å². The summed E-state index contributed by atoms with van der Waals surface area (Å²) in [5.74, 6) is -0.00213. The summed E-state index contributed by atoms with van der Waals surface area (Å²) >= 11 is 0. The molecular formula is C15H30O5. The number of hydrogen-bond donors (Lipinski definition) is 3. The fraction of sp³-hybridized carbons (Fsp3) is 0.933. The second-order valence-corrected chi connectivity index (χ2v) is 5.99. The van der Waals surface area contributed by atoms with E-state index in [2.05, 4.69) is 0 Å². The van der Waals surface area contributed by atoms with E-state index >= 15 is 0 Å². The highest BCUT2D eigenvalue weighted by molar-refractivity contribution is 5.80. The van der Waals surface area contributed by atoms with Gasteiger partial charge in [-0.05, 0) is 27.2 Å². The summed E-state index contributed by atoms with van der Waals surface area (Å²) in [6.07, 6.45) is -2.83. The highest BCUT2D eigenvalue weighted by atomic mass is 16.5. The van der Waals surface area contributed by atoms with Gasteiger partial charge >= 0.3 is 0 Å². The van der Waals surface area contributed by atoms with Gasteiger partial charge in [0.15, 0.2) is 0 Å². The van der Waals surface area contributed by atoms with E-state index in [9.17, 15) is 20.1 Å². The van der Waals surface area contributed by atoms with Gasteiger partial charge in [-0.2, -0.15) is 0 Å². The maximum Gasteiger partial charge on any atom is 0.135 e. The summed E-state index contributed by atoms with van der Waals surface area (Å²) in [7, 11) is 0. The van der Waals surface area contributed by atoms with E-state index in [-0.39, 0.29) is 37.1 Å². The lowest BCUT2D eigenvalue weighted by molar-refractivity contribution is -0.123. The van der Waals surface area contributed by atoms with E-state index in [4.69, 9.17) is 4.74 Å². The minimum atomic E-state index is -1.05. The first-order valence-electron chi connectivity index (χ1n) is 7.37. The fourth-order valence-corrected chi connectivity index (χ4v) is 1.89. The fourth-order valence-electron chi connectivity index (χ4n) is 1.89.